The quantitative estimate of drug-likeness (QED) is 0.765. The monoisotopic (exact) mass is 367 g/mol. The summed E-state index contributed by atoms with van der Waals surface area (Å²) in [5.41, 5.74) is 2.44. The molecule has 0 bridgehead atoms. The SMILES string of the molecule is Cc1ccnc(NC2CCCCC2)c1.Cc1cnn2c1N=CCC2C(C)C. The van der Waals surface area contributed by atoms with Crippen LogP contribution in [0.3, 0.4) is 0 Å². The lowest BCUT2D eigenvalue weighted by molar-refractivity contribution is 0.356. The molecule has 5 nitrogen and oxygen atoms in total. The summed E-state index contributed by atoms with van der Waals surface area (Å²) in [5, 5.41) is 7.87. The number of hydrogen-bond acceptors (Lipinski definition) is 4. The molecule has 1 unspecified atom stereocenters. The van der Waals surface area contributed by atoms with E-state index in [0.717, 1.165) is 18.1 Å². The van der Waals surface area contributed by atoms with Crippen LogP contribution in [-0.2, 0) is 0 Å². The lowest BCUT2D eigenvalue weighted by Gasteiger charge is -2.23. The fourth-order valence-electron chi connectivity index (χ4n) is 3.82. The molecule has 0 amide bonds. The summed E-state index contributed by atoms with van der Waals surface area (Å²) in [7, 11) is 0. The molecule has 2 aromatic heterocycles. The maximum absolute atomic E-state index is 4.36. The van der Waals surface area contributed by atoms with Crippen LogP contribution in [0.1, 0.15) is 69.5 Å². The van der Waals surface area contributed by atoms with Crippen molar-refractivity contribution in [3.8, 4) is 0 Å². The fourth-order valence-corrected chi connectivity index (χ4v) is 3.82. The van der Waals surface area contributed by atoms with Crippen LogP contribution in [0.25, 0.3) is 0 Å². The summed E-state index contributed by atoms with van der Waals surface area (Å²) in [6.07, 6.45) is 13.5. The number of pyridine rings is 1. The zero-order chi connectivity index (χ0) is 19.2. The molecule has 1 atom stereocenters. The smallest absolute Gasteiger partial charge is 0.153 e. The average Bonchev–Trinajstić information content (AvgIpc) is 3.04. The fraction of sp³-hybridized carbons (Fsp3) is 0.591. The molecule has 2 aromatic rings. The number of nitrogens with one attached hydrogen (secondary N) is 1. The molecule has 5 heteroatoms. The summed E-state index contributed by atoms with van der Waals surface area (Å²) in [6.45, 7) is 8.61. The van der Waals surface area contributed by atoms with Crippen molar-refractivity contribution in [2.24, 2.45) is 10.9 Å². The molecule has 1 saturated carbocycles. The van der Waals surface area contributed by atoms with E-state index in [1.165, 1.54) is 43.2 Å². The molecule has 27 heavy (non-hydrogen) atoms. The molecule has 2 aliphatic rings. The minimum Gasteiger partial charge on any atom is -0.367 e. The van der Waals surface area contributed by atoms with Gasteiger partial charge in [0.15, 0.2) is 5.82 Å². The number of aryl methyl sites for hydroxylation is 2. The van der Waals surface area contributed by atoms with Crippen molar-refractivity contribution in [1.82, 2.24) is 14.8 Å². The third-order valence-corrected chi connectivity index (χ3v) is 5.46. The molecule has 3 heterocycles. The molecule has 0 radical (unpaired) electrons. The molecule has 1 N–H and O–H groups in total. The first-order valence-electron chi connectivity index (χ1n) is 10.3. The van der Waals surface area contributed by atoms with Gasteiger partial charge in [-0.05, 0) is 50.3 Å². The molecule has 0 saturated heterocycles. The summed E-state index contributed by atoms with van der Waals surface area (Å²) in [6, 6.07) is 5.29. The highest BCUT2D eigenvalue weighted by Crippen LogP contribution is 2.31. The molecule has 0 aromatic carbocycles. The number of aliphatic imine (C=N–C) groups is 1. The molecule has 1 aliphatic carbocycles. The Balaban J connectivity index is 0.000000156. The Morgan fingerprint density at radius 2 is 1.93 bits per heavy atom. The van der Waals surface area contributed by atoms with Gasteiger partial charge in [-0.1, -0.05) is 33.1 Å². The van der Waals surface area contributed by atoms with Crippen LogP contribution in [0, 0.1) is 19.8 Å². The second-order valence-electron chi connectivity index (χ2n) is 8.15. The second-order valence-corrected chi connectivity index (χ2v) is 8.15. The minimum atomic E-state index is 0.487. The normalized spacial score (nSPS) is 19.4. The maximum Gasteiger partial charge on any atom is 0.153 e. The van der Waals surface area contributed by atoms with Crippen molar-refractivity contribution in [1.29, 1.82) is 0 Å². The molecular weight excluding hydrogens is 334 g/mol. The molecule has 4 rings (SSSR count). The van der Waals surface area contributed by atoms with Crippen molar-refractivity contribution in [2.45, 2.75) is 78.3 Å². The van der Waals surface area contributed by atoms with Crippen molar-refractivity contribution in [2.75, 3.05) is 5.32 Å². The van der Waals surface area contributed by atoms with Gasteiger partial charge in [-0.3, -0.25) is 0 Å². The van der Waals surface area contributed by atoms with Gasteiger partial charge in [0.25, 0.3) is 0 Å². The standard InChI is InChI=1S/C12H18N2.C10H15N3/c1-10-7-8-13-12(9-10)14-11-5-3-2-4-6-11;1-7(2)9-4-5-11-10-8(3)6-12-13(9)10/h7-9,11H,2-6H2,1H3,(H,13,14);5-7,9H,4H2,1-3H3. The number of fused-ring (bicyclic) bond motifs is 1. The first kappa shape index (κ1) is 19.6. The zero-order valence-electron chi connectivity index (χ0n) is 17.2. The van der Waals surface area contributed by atoms with E-state index in [2.05, 4.69) is 58.8 Å². The highest BCUT2D eigenvalue weighted by Gasteiger charge is 2.22. The lowest BCUT2D eigenvalue weighted by Crippen LogP contribution is -2.22. The van der Waals surface area contributed by atoms with Crippen LogP contribution in [-0.4, -0.2) is 27.0 Å². The van der Waals surface area contributed by atoms with Crippen molar-refractivity contribution in [3.63, 3.8) is 0 Å². The molecule has 1 aliphatic heterocycles. The Labute approximate surface area is 163 Å². The molecule has 146 valence electrons. The summed E-state index contributed by atoms with van der Waals surface area (Å²) < 4.78 is 2.06. The van der Waals surface area contributed by atoms with E-state index in [-0.39, 0.29) is 0 Å². The third-order valence-electron chi connectivity index (χ3n) is 5.46. The zero-order valence-corrected chi connectivity index (χ0v) is 17.2. The second kappa shape index (κ2) is 9.16. The first-order valence-corrected chi connectivity index (χ1v) is 10.3. The van der Waals surface area contributed by atoms with E-state index in [0.29, 0.717) is 18.0 Å². The van der Waals surface area contributed by atoms with Gasteiger partial charge in [0.1, 0.15) is 5.82 Å². The number of rotatable bonds is 3. The van der Waals surface area contributed by atoms with Crippen LogP contribution >= 0.6 is 0 Å². The van der Waals surface area contributed by atoms with Crippen LogP contribution in [0.4, 0.5) is 11.6 Å². The Morgan fingerprint density at radius 3 is 2.63 bits per heavy atom. The van der Waals surface area contributed by atoms with Gasteiger partial charge in [0, 0.05) is 30.4 Å². The van der Waals surface area contributed by atoms with Crippen molar-refractivity contribution >= 4 is 17.9 Å². The van der Waals surface area contributed by atoms with Crippen LogP contribution in [0.15, 0.2) is 29.5 Å². The summed E-state index contributed by atoms with van der Waals surface area (Å²) >= 11 is 0. The van der Waals surface area contributed by atoms with E-state index in [1.807, 2.05) is 24.7 Å². The van der Waals surface area contributed by atoms with E-state index < -0.39 is 0 Å². The van der Waals surface area contributed by atoms with Gasteiger partial charge < -0.3 is 5.32 Å². The molecule has 1 fully saturated rings. The van der Waals surface area contributed by atoms with Gasteiger partial charge in [-0.25, -0.2) is 14.7 Å². The predicted molar refractivity (Wildman–Crippen MR) is 113 cm³/mol. The van der Waals surface area contributed by atoms with Crippen molar-refractivity contribution < 1.29 is 0 Å². The minimum absolute atomic E-state index is 0.487. The van der Waals surface area contributed by atoms with E-state index in [4.69, 9.17) is 0 Å². The predicted octanol–water partition coefficient (Wildman–Crippen LogP) is 5.63. The van der Waals surface area contributed by atoms with Gasteiger partial charge in [0.2, 0.25) is 0 Å². The topological polar surface area (TPSA) is 55.1 Å². The Bertz CT molecular complexity index is 756. The summed E-state index contributed by atoms with van der Waals surface area (Å²) in [5.74, 6) is 2.69. The number of nitrogens with zero attached hydrogens (tertiary/aromatic N) is 4. The number of hydrogen-bond donors (Lipinski definition) is 1. The van der Waals surface area contributed by atoms with E-state index in [9.17, 15) is 0 Å². The Hall–Kier alpha value is -2.17. The largest absolute Gasteiger partial charge is 0.367 e. The summed E-state index contributed by atoms with van der Waals surface area (Å²) in [4.78, 5) is 8.68. The van der Waals surface area contributed by atoms with E-state index >= 15 is 0 Å². The van der Waals surface area contributed by atoms with Crippen molar-refractivity contribution in [3.05, 3.63) is 35.7 Å². The highest BCUT2D eigenvalue weighted by atomic mass is 15.3. The van der Waals surface area contributed by atoms with Gasteiger partial charge in [-0.15, -0.1) is 0 Å². The van der Waals surface area contributed by atoms with Crippen LogP contribution in [0.5, 0.6) is 0 Å². The lowest BCUT2D eigenvalue weighted by atomic mass is 9.95. The van der Waals surface area contributed by atoms with Crippen LogP contribution in [0.2, 0.25) is 0 Å². The highest BCUT2D eigenvalue weighted by molar-refractivity contribution is 5.65. The number of aromatic nitrogens is 3. The Morgan fingerprint density at radius 1 is 1.15 bits per heavy atom. The van der Waals surface area contributed by atoms with E-state index in [1.54, 1.807) is 0 Å². The average molecular weight is 368 g/mol. The molecular formula is C22H33N5. The maximum atomic E-state index is 4.36. The molecule has 0 spiro atoms. The van der Waals surface area contributed by atoms with Gasteiger partial charge >= 0.3 is 0 Å². The first-order chi connectivity index (χ1) is 13.0. The van der Waals surface area contributed by atoms with Crippen LogP contribution < -0.4 is 5.32 Å². The number of anilines is 1. The third kappa shape index (κ3) is 5.18. The van der Waals surface area contributed by atoms with Gasteiger partial charge in [0.05, 0.1) is 12.2 Å². The van der Waals surface area contributed by atoms with Gasteiger partial charge in [-0.2, -0.15) is 5.10 Å². The Kier molecular flexibility index (Phi) is 6.64.